The first-order valence-corrected chi connectivity index (χ1v) is 10.2. The van der Waals surface area contributed by atoms with Crippen LogP contribution in [-0.4, -0.2) is 48.7 Å². The van der Waals surface area contributed by atoms with Gasteiger partial charge in [0.25, 0.3) is 0 Å². The number of ether oxygens (including phenoxy) is 1. The van der Waals surface area contributed by atoms with Crippen LogP contribution in [0.2, 0.25) is 0 Å². The quantitative estimate of drug-likeness (QED) is 0.841. The van der Waals surface area contributed by atoms with Gasteiger partial charge in [-0.3, -0.25) is 4.79 Å². The first-order chi connectivity index (χ1) is 13.2. The van der Waals surface area contributed by atoms with Crippen LogP contribution in [0.1, 0.15) is 37.6 Å². The van der Waals surface area contributed by atoms with Gasteiger partial charge in [0.1, 0.15) is 5.60 Å². The topological polar surface area (TPSA) is 75.9 Å². The maximum atomic E-state index is 12.4. The van der Waals surface area contributed by atoms with Crippen LogP contribution in [0.4, 0.5) is 10.5 Å². The van der Waals surface area contributed by atoms with Crippen molar-refractivity contribution >= 4 is 29.0 Å². The number of anilines is 1. The van der Waals surface area contributed by atoms with Gasteiger partial charge in [-0.05, 0) is 39.3 Å². The summed E-state index contributed by atoms with van der Waals surface area (Å²) in [5.41, 5.74) is 7.58. The summed E-state index contributed by atoms with van der Waals surface area (Å²) < 4.78 is 5.50. The Balaban J connectivity index is 1.77. The number of carbonyl (C=O) groups excluding carboxylic acids is 2. The fraction of sp³-hybridized carbons (Fsp3) is 0.429. The first-order valence-electron chi connectivity index (χ1n) is 9.34. The fourth-order valence-corrected chi connectivity index (χ4v) is 4.26. The summed E-state index contributed by atoms with van der Waals surface area (Å²) in [7, 11) is 1.80. The second-order valence-corrected chi connectivity index (χ2v) is 8.97. The first kappa shape index (κ1) is 20.2. The molecule has 1 unspecified atom stereocenters. The Morgan fingerprint density at radius 2 is 2.00 bits per heavy atom. The molecule has 2 heterocycles. The van der Waals surface area contributed by atoms with Gasteiger partial charge in [-0.1, -0.05) is 18.2 Å². The van der Waals surface area contributed by atoms with Crippen LogP contribution >= 0.6 is 11.3 Å². The molecule has 0 bridgehead atoms. The molecule has 1 saturated heterocycles. The summed E-state index contributed by atoms with van der Waals surface area (Å²) in [4.78, 5) is 28.8. The molecule has 0 aliphatic carbocycles. The van der Waals surface area contributed by atoms with E-state index in [0.717, 1.165) is 35.6 Å². The largest absolute Gasteiger partial charge is 0.444 e. The number of hydrogen-bond acceptors (Lipinski definition) is 5. The Hall–Kier alpha value is -2.54. The highest BCUT2D eigenvalue weighted by molar-refractivity contribution is 7.14. The summed E-state index contributed by atoms with van der Waals surface area (Å²) in [6.07, 6.45) is 0.582. The zero-order valence-corrected chi connectivity index (χ0v) is 17.6. The monoisotopic (exact) mass is 401 g/mol. The Morgan fingerprint density at radius 3 is 2.64 bits per heavy atom. The van der Waals surface area contributed by atoms with Crippen LogP contribution in [0.25, 0.3) is 10.4 Å². The van der Waals surface area contributed by atoms with Crippen molar-refractivity contribution in [3.8, 4) is 10.4 Å². The predicted octanol–water partition coefficient (Wildman–Crippen LogP) is 3.96. The molecular formula is C21H27N3O3S. The minimum absolute atomic E-state index is 0.0902. The lowest BCUT2D eigenvalue weighted by Gasteiger charge is -2.29. The fourth-order valence-electron chi connectivity index (χ4n) is 3.32. The van der Waals surface area contributed by atoms with Crippen LogP contribution in [0.3, 0.4) is 0 Å². The van der Waals surface area contributed by atoms with E-state index in [1.54, 1.807) is 17.3 Å². The van der Waals surface area contributed by atoms with Crippen LogP contribution in [-0.2, 0) is 4.74 Å². The molecule has 0 radical (unpaired) electrons. The van der Waals surface area contributed by atoms with E-state index in [4.69, 9.17) is 10.5 Å². The van der Waals surface area contributed by atoms with E-state index in [1.807, 2.05) is 39.0 Å². The molecule has 0 saturated carbocycles. The zero-order chi connectivity index (χ0) is 20.5. The smallest absolute Gasteiger partial charge is 0.410 e. The van der Waals surface area contributed by atoms with E-state index >= 15 is 0 Å². The van der Waals surface area contributed by atoms with Gasteiger partial charge < -0.3 is 20.3 Å². The third-order valence-corrected chi connectivity index (χ3v) is 5.75. The number of likely N-dealkylation sites (N-methyl/N-ethyl adjacent to an activating group) is 1. The van der Waals surface area contributed by atoms with Gasteiger partial charge in [0.05, 0.1) is 11.6 Å². The summed E-state index contributed by atoms with van der Waals surface area (Å²) in [6, 6.07) is 10.1. The van der Waals surface area contributed by atoms with Gasteiger partial charge >= 0.3 is 6.09 Å². The Morgan fingerprint density at radius 1 is 1.29 bits per heavy atom. The molecule has 1 aliphatic rings. The van der Waals surface area contributed by atoms with Gasteiger partial charge in [0, 0.05) is 41.6 Å². The summed E-state index contributed by atoms with van der Waals surface area (Å²) in [5.74, 6) is -0.416. The molecule has 2 N–H and O–H groups in total. The lowest BCUT2D eigenvalue weighted by molar-refractivity contribution is 0.0238. The average Bonchev–Trinajstić information content (AvgIpc) is 3.29. The molecule has 0 spiro atoms. The number of primary amides is 1. The Kier molecular flexibility index (Phi) is 5.65. The van der Waals surface area contributed by atoms with E-state index in [1.165, 1.54) is 11.3 Å². The van der Waals surface area contributed by atoms with Crippen molar-refractivity contribution in [2.75, 3.05) is 25.0 Å². The lowest BCUT2D eigenvalue weighted by Crippen LogP contribution is -2.42. The number of para-hydroxylation sites is 1. The van der Waals surface area contributed by atoms with Crippen LogP contribution in [0, 0.1) is 0 Å². The molecule has 2 amide bonds. The number of amides is 2. The molecule has 150 valence electrons. The summed E-state index contributed by atoms with van der Waals surface area (Å²) in [6.45, 7) is 7.20. The molecule has 7 heteroatoms. The van der Waals surface area contributed by atoms with E-state index in [0.29, 0.717) is 5.56 Å². The van der Waals surface area contributed by atoms with Gasteiger partial charge in [0.15, 0.2) is 0 Å². The highest BCUT2D eigenvalue weighted by Crippen LogP contribution is 2.36. The third kappa shape index (κ3) is 4.47. The minimum Gasteiger partial charge on any atom is -0.444 e. The summed E-state index contributed by atoms with van der Waals surface area (Å²) in [5, 5.41) is 1.79. The molecular weight excluding hydrogens is 374 g/mol. The van der Waals surface area contributed by atoms with Crippen molar-refractivity contribution < 1.29 is 14.3 Å². The minimum atomic E-state index is -0.506. The zero-order valence-electron chi connectivity index (χ0n) is 16.8. The molecule has 28 heavy (non-hydrogen) atoms. The summed E-state index contributed by atoms with van der Waals surface area (Å²) >= 11 is 1.51. The molecule has 3 rings (SSSR count). The van der Waals surface area contributed by atoms with Crippen LogP contribution < -0.4 is 10.6 Å². The number of nitrogens with two attached hydrogens (primary N) is 1. The van der Waals surface area contributed by atoms with Crippen molar-refractivity contribution in [3.05, 3.63) is 41.3 Å². The molecule has 6 nitrogen and oxygen atoms in total. The second kappa shape index (κ2) is 7.83. The lowest BCUT2D eigenvalue weighted by atomic mass is 10.1. The number of nitrogens with zero attached hydrogens (tertiary/aromatic N) is 2. The van der Waals surface area contributed by atoms with Crippen LogP contribution in [0.15, 0.2) is 35.7 Å². The molecule has 1 aromatic heterocycles. The van der Waals surface area contributed by atoms with Gasteiger partial charge in [-0.2, -0.15) is 0 Å². The van der Waals surface area contributed by atoms with Crippen molar-refractivity contribution in [2.45, 2.75) is 38.8 Å². The van der Waals surface area contributed by atoms with Crippen molar-refractivity contribution in [1.82, 2.24) is 4.90 Å². The molecule has 2 aromatic rings. The SMILES string of the molecule is CN(C(=O)OC(C)(C)C)C1CCN(c2ccccc2-c2cc(C(N)=O)cs2)C1. The Bertz CT molecular complexity index is 872. The van der Waals surface area contributed by atoms with Gasteiger partial charge in [-0.25, -0.2) is 4.79 Å². The molecule has 1 atom stereocenters. The highest BCUT2D eigenvalue weighted by Gasteiger charge is 2.32. The van der Waals surface area contributed by atoms with E-state index in [9.17, 15) is 9.59 Å². The number of hydrogen-bond donors (Lipinski definition) is 1. The molecule has 1 aliphatic heterocycles. The van der Waals surface area contributed by atoms with Crippen molar-refractivity contribution in [1.29, 1.82) is 0 Å². The predicted molar refractivity (Wildman–Crippen MR) is 113 cm³/mol. The van der Waals surface area contributed by atoms with E-state index < -0.39 is 11.5 Å². The van der Waals surface area contributed by atoms with E-state index in [-0.39, 0.29) is 12.1 Å². The van der Waals surface area contributed by atoms with Crippen LogP contribution in [0.5, 0.6) is 0 Å². The Labute approximate surface area is 169 Å². The number of thiophene rings is 1. The second-order valence-electron chi connectivity index (χ2n) is 8.06. The average molecular weight is 402 g/mol. The van der Waals surface area contributed by atoms with Gasteiger partial charge in [-0.15, -0.1) is 11.3 Å². The molecule has 1 fully saturated rings. The number of rotatable bonds is 4. The van der Waals surface area contributed by atoms with Crippen molar-refractivity contribution in [3.63, 3.8) is 0 Å². The number of benzene rings is 1. The molecule has 1 aromatic carbocycles. The third-order valence-electron chi connectivity index (χ3n) is 4.79. The van der Waals surface area contributed by atoms with Crippen molar-refractivity contribution in [2.24, 2.45) is 5.73 Å². The normalized spacial score (nSPS) is 16.9. The standard InChI is InChI=1S/C21H27N3O3S/c1-21(2,3)27-20(26)23(4)15-9-10-24(12-15)17-8-6-5-7-16(17)18-11-14(13-28-18)19(22)25/h5-8,11,13,15H,9-10,12H2,1-4H3,(H2,22,25). The maximum Gasteiger partial charge on any atom is 0.410 e. The van der Waals surface area contributed by atoms with Gasteiger partial charge in [0.2, 0.25) is 5.91 Å². The number of carbonyl (C=O) groups is 2. The maximum absolute atomic E-state index is 12.4. The van der Waals surface area contributed by atoms with E-state index in [2.05, 4.69) is 17.0 Å². The highest BCUT2D eigenvalue weighted by atomic mass is 32.1.